The van der Waals surface area contributed by atoms with Crippen LogP contribution in [0.3, 0.4) is 0 Å². The third-order valence-electron chi connectivity index (χ3n) is 3.35. The van der Waals surface area contributed by atoms with Crippen molar-refractivity contribution in [3.63, 3.8) is 0 Å². The van der Waals surface area contributed by atoms with Crippen LogP contribution in [0.2, 0.25) is 5.02 Å². The summed E-state index contributed by atoms with van der Waals surface area (Å²) in [6.45, 7) is 1.38. The van der Waals surface area contributed by atoms with Gasteiger partial charge in [0.1, 0.15) is 16.7 Å². The van der Waals surface area contributed by atoms with Gasteiger partial charge in [-0.05, 0) is 36.4 Å². The molecule has 10 heteroatoms. The van der Waals surface area contributed by atoms with Crippen LogP contribution < -0.4 is 16.0 Å². The smallest absolute Gasteiger partial charge is 0.289 e. The van der Waals surface area contributed by atoms with Crippen LogP contribution in [0, 0.1) is 21.4 Å². The normalized spacial score (nSPS) is 10.5. The number of anilines is 3. The Morgan fingerprint density at radius 3 is 2.21 bits per heavy atom. The summed E-state index contributed by atoms with van der Waals surface area (Å²) in [6.07, 6.45) is 1.13. The average molecular weight is 400 g/mol. The lowest BCUT2D eigenvalue weighted by Crippen LogP contribution is -2.14. The molecule has 0 saturated heterocycles. The third-order valence-corrected chi connectivity index (χ3v) is 3.67. The minimum Gasteiger partial charge on any atom is -0.360 e. The fourth-order valence-corrected chi connectivity index (χ4v) is 2.27. The molecular formula is C18H14ClN5O4. The number of carbonyl (C=O) groups excluding carboxylic acids is 2. The predicted molar refractivity (Wildman–Crippen MR) is 105 cm³/mol. The second kappa shape index (κ2) is 9.16. The second-order valence-corrected chi connectivity index (χ2v) is 5.86. The van der Waals surface area contributed by atoms with Gasteiger partial charge in [-0.2, -0.15) is 5.26 Å². The van der Waals surface area contributed by atoms with E-state index < -0.39 is 10.8 Å². The Hall–Kier alpha value is -3.90. The minimum atomic E-state index is -0.675. The quantitative estimate of drug-likeness (QED) is 0.293. The van der Waals surface area contributed by atoms with Gasteiger partial charge in [0.25, 0.3) is 11.6 Å². The lowest BCUT2D eigenvalue weighted by atomic mass is 10.2. The molecule has 28 heavy (non-hydrogen) atoms. The third kappa shape index (κ3) is 5.55. The lowest BCUT2D eigenvalue weighted by Gasteiger charge is -2.07. The highest BCUT2D eigenvalue weighted by Gasteiger charge is 2.13. The molecule has 0 fully saturated rings. The number of rotatable bonds is 6. The molecule has 0 bridgehead atoms. The highest BCUT2D eigenvalue weighted by atomic mass is 35.5. The summed E-state index contributed by atoms with van der Waals surface area (Å²) in [6, 6.07) is 12.1. The van der Waals surface area contributed by atoms with Gasteiger partial charge < -0.3 is 16.0 Å². The molecule has 9 nitrogen and oxygen atoms in total. The summed E-state index contributed by atoms with van der Waals surface area (Å²) in [5.74, 6) is -0.897. The van der Waals surface area contributed by atoms with Crippen molar-refractivity contribution in [3.05, 3.63) is 69.4 Å². The Morgan fingerprint density at radius 2 is 1.68 bits per heavy atom. The molecule has 2 aromatic rings. The van der Waals surface area contributed by atoms with Crippen molar-refractivity contribution in [1.29, 1.82) is 5.26 Å². The van der Waals surface area contributed by atoms with Crippen LogP contribution in [0.4, 0.5) is 22.7 Å². The fraction of sp³-hybridized carbons (Fsp3) is 0.0556. The van der Waals surface area contributed by atoms with Crippen LogP contribution in [-0.2, 0) is 9.59 Å². The number of hydrogen-bond acceptors (Lipinski definition) is 6. The van der Waals surface area contributed by atoms with Gasteiger partial charge in [-0.1, -0.05) is 11.6 Å². The highest BCUT2D eigenvalue weighted by Crippen LogP contribution is 2.27. The Kier molecular flexibility index (Phi) is 6.68. The maximum Gasteiger partial charge on any atom is 0.289 e. The number of nitro benzene ring substituents is 1. The van der Waals surface area contributed by atoms with Crippen molar-refractivity contribution in [3.8, 4) is 6.07 Å². The first kappa shape index (κ1) is 20.4. The lowest BCUT2D eigenvalue weighted by molar-refractivity contribution is -0.384. The first-order valence-corrected chi connectivity index (χ1v) is 8.17. The van der Waals surface area contributed by atoms with Gasteiger partial charge in [0.2, 0.25) is 5.91 Å². The molecule has 2 aromatic carbocycles. The Labute approximate surface area is 164 Å². The van der Waals surface area contributed by atoms with Gasteiger partial charge >= 0.3 is 0 Å². The summed E-state index contributed by atoms with van der Waals surface area (Å²) in [5.41, 5.74) is 0.720. The van der Waals surface area contributed by atoms with Crippen molar-refractivity contribution in [2.24, 2.45) is 0 Å². The summed E-state index contributed by atoms with van der Waals surface area (Å²) < 4.78 is 0. The van der Waals surface area contributed by atoms with Crippen molar-refractivity contribution < 1.29 is 14.5 Å². The van der Waals surface area contributed by atoms with Crippen LogP contribution in [-0.4, -0.2) is 16.7 Å². The topological polar surface area (TPSA) is 137 Å². The molecule has 0 saturated carbocycles. The van der Waals surface area contributed by atoms with E-state index in [9.17, 15) is 25.0 Å². The van der Waals surface area contributed by atoms with Crippen LogP contribution in [0.15, 0.2) is 54.2 Å². The van der Waals surface area contributed by atoms with E-state index in [1.54, 1.807) is 30.3 Å². The molecular weight excluding hydrogens is 386 g/mol. The molecule has 0 atom stereocenters. The number of nitriles is 1. The molecule has 2 rings (SSSR count). The van der Waals surface area contributed by atoms with Crippen LogP contribution >= 0.6 is 11.6 Å². The zero-order valence-electron chi connectivity index (χ0n) is 14.5. The molecule has 0 heterocycles. The number of nitro groups is 1. The molecule has 0 aliphatic carbocycles. The van der Waals surface area contributed by atoms with E-state index in [2.05, 4.69) is 16.0 Å². The van der Waals surface area contributed by atoms with E-state index in [1.165, 1.54) is 25.1 Å². The van der Waals surface area contributed by atoms with Gasteiger partial charge in [0.05, 0.1) is 4.92 Å². The van der Waals surface area contributed by atoms with Crippen molar-refractivity contribution >= 4 is 46.2 Å². The molecule has 0 aliphatic rings. The first-order chi connectivity index (χ1) is 13.3. The van der Waals surface area contributed by atoms with Crippen LogP contribution in [0.25, 0.3) is 0 Å². The maximum absolute atomic E-state index is 12.2. The van der Waals surface area contributed by atoms with Gasteiger partial charge in [-0.25, -0.2) is 0 Å². The van der Waals surface area contributed by atoms with E-state index >= 15 is 0 Å². The van der Waals surface area contributed by atoms with E-state index in [4.69, 9.17) is 11.6 Å². The number of benzene rings is 2. The zero-order valence-corrected chi connectivity index (χ0v) is 15.3. The number of amides is 2. The zero-order chi connectivity index (χ0) is 20.7. The minimum absolute atomic E-state index is 0.0273. The SMILES string of the molecule is CC(=O)Nc1ccc(NC(=O)/C(C#N)=C\Nc2ccc(Cl)c([N+](=O)[O-])c2)cc1. The predicted octanol–water partition coefficient (Wildman–Crippen LogP) is 3.66. The molecule has 3 N–H and O–H groups in total. The maximum atomic E-state index is 12.2. The van der Waals surface area contributed by atoms with E-state index in [0.29, 0.717) is 11.4 Å². The Morgan fingerprint density at radius 1 is 1.11 bits per heavy atom. The summed E-state index contributed by atoms with van der Waals surface area (Å²) in [7, 11) is 0. The van der Waals surface area contributed by atoms with Gasteiger partial charge in [-0.15, -0.1) is 0 Å². The second-order valence-electron chi connectivity index (χ2n) is 5.45. The van der Waals surface area contributed by atoms with E-state index in [-0.39, 0.29) is 27.9 Å². The number of nitrogens with zero attached hydrogens (tertiary/aromatic N) is 2. The highest BCUT2D eigenvalue weighted by molar-refractivity contribution is 6.32. The molecule has 0 aliphatic heterocycles. The Bertz CT molecular complexity index is 996. The van der Waals surface area contributed by atoms with E-state index in [1.807, 2.05) is 0 Å². The van der Waals surface area contributed by atoms with E-state index in [0.717, 1.165) is 6.20 Å². The monoisotopic (exact) mass is 399 g/mol. The number of hydrogen-bond donors (Lipinski definition) is 3. The van der Waals surface area contributed by atoms with Crippen LogP contribution in [0.5, 0.6) is 0 Å². The van der Waals surface area contributed by atoms with Crippen LogP contribution in [0.1, 0.15) is 6.92 Å². The van der Waals surface area contributed by atoms with Crippen molar-refractivity contribution in [2.75, 3.05) is 16.0 Å². The standard InChI is InChI=1S/C18H14ClN5O4/c1-11(25)22-13-2-4-14(5-3-13)23-18(26)12(9-20)10-21-15-6-7-16(19)17(8-15)24(27)28/h2-8,10,21H,1H3,(H,22,25)(H,23,26)/b12-10-. The number of halogens is 1. The molecule has 0 radical (unpaired) electrons. The largest absolute Gasteiger partial charge is 0.360 e. The van der Waals surface area contributed by atoms with Crippen molar-refractivity contribution in [1.82, 2.24) is 0 Å². The number of carbonyl (C=O) groups is 2. The Balaban J connectivity index is 2.09. The summed E-state index contributed by atoms with van der Waals surface area (Å²) in [4.78, 5) is 33.5. The molecule has 0 unspecified atom stereocenters. The van der Waals surface area contributed by atoms with Gasteiger partial charge in [0, 0.05) is 36.3 Å². The van der Waals surface area contributed by atoms with Gasteiger partial charge in [0.15, 0.2) is 0 Å². The van der Waals surface area contributed by atoms with Gasteiger partial charge in [-0.3, -0.25) is 19.7 Å². The number of nitrogens with one attached hydrogen (secondary N) is 3. The fourth-order valence-electron chi connectivity index (χ4n) is 2.09. The summed E-state index contributed by atoms with van der Waals surface area (Å²) >= 11 is 5.74. The first-order valence-electron chi connectivity index (χ1n) is 7.80. The molecule has 0 spiro atoms. The molecule has 0 aromatic heterocycles. The summed E-state index contributed by atoms with van der Waals surface area (Å²) in [5, 5.41) is 27.8. The average Bonchev–Trinajstić information content (AvgIpc) is 2.64. The molecule has 142 valence electrons. The van der Waals surface area contributed by atoms with Crippen molar-refractivity contribution in [2.45, 2.75) is 6.92 Å². The molecule has 2 amide bonds.